The van der Waals surface area contributed by atoms with E-state index >= 15 is 0 Å². The summed E-state index contributed by atoms with van der Waals surface area (Å²) in [7, 11) is 0. The summed E-state index contributed by atoms with van der Waals surface area (Å²) in [5, 5.41) is 24.4. The van der Waals surface area contributed by atoms with E-state index in [1.807, 2.05) is 0 Å². The van der Waals surface area contributed by atoms with E-state index in [1.165, 1.54) is 19.3 Å². The summed E-state index contributed by atoms with van der Waals surface area (Å²) in [5.41, 5.74) is 9.50. The number of aliphatic carboxylic acids is 1. The number of aliphatic hydroxyl groups is 1. The fourth-order valence-corrected chi connectivity index (χ4v) is 5.17. The molecule has 0 amide bonds. The number of unbranched alkanes of at least 4 members (excludes halogenated alkanes) is 4. The van der Waals surface area contributed by atoms with Gasteiger partial charge >= 0.3 is 5.97 Å². The number of carboxylic acid groups (broad SMARTS) is 1. The zero-order chi connectivity index (χ0) is 22.7. The molecule has 0 heterocycles. The number of nitrogens with two attached hydrogens (primary N) is 1. The summed E-state index contributed by atoms with van der Waals surface area (Å²) in [4.78, 5) is 10.7. The Morgan fingerprint density at radius 1 is 1.32 bits per heavy atom. The second-order valence-corrected chi connectivity index (χ2v) is 9.82. The van der Waals surface area contributed by atoms with Gasteiger partial charge in [-0.15, -0.1) is 0 Å². The van der Waals surface area contributed by atoms with Gasteiger partial charge in [0.25, 0.3) is 0 Å². The number of allylic oxidation sites excluding steroid dienone is 1. The number of carboxylic acids is 1. The fraction of sp³-hybridized carbons (Fsp3) is 0.792. The molecule has 0 aromatic carbocycles. The molecule has 1 unspecified atom stereocenters. The number of hydrogen-bond donors (Lipinski definition) is 4. The molecule has 0 aromatic rings. The first kappa shape index (κ1) is 25.8. The van der Waals surface area contributed by atoms with Gasteiger partial charge in [-0.05, 0) is 68.5 Å². The second kappa shape index (κ2) is 13.2. The van der Waals surface area contributed by atoms with E-state index in [0.717, 1.165) is 69.9 Å². The van der Waals surface area contributed by atoms with Crippen LogP contribution < -0.4 is 11.2 Å². The Morgan fingerprint density at radius 3 is 2.68 bits per heavy atom. The SMILES string of the molecule is CCCCC1(C(O)C=C[C@H]2CCC(=NNC(N)=S)[C@@H]2CCCCCCC(=O)O)CCC1. The molecule has 2 saturated carbocycles. The number of hydrazone groups is 1. The lowest BCUT2D eigenvalue weighted by Crippen LogP contribution is -2.40. The van der Waals surface area contributed by atoms with E-state index in [4.69, 9.17) is 23.1 Å². The zero-order valence-corrected chi connectivity index (χ0v) is 19.8. The Hall–Kier alpha value is -1.47. The van der Waals surface area contributed by atoms with E-state index in [1.54, 1.807) is 0 Å². The van der Waals surface area contributed by atoms with Gasteiger partial charge in [0.2, 0.25) is 0 Å². The van der Waals surface area contributed by atoms with Crippen LogP contribution in [0.1, 0.15) is 96.8 Å². The minimum atomic E-state index is -0.721. The van der Waals surface area contributed by atoms with E-state index in [2.05, 4.69) is 29.6 Å². The largest absolute Gasteiger partial charge is 0.481 e. The lowest BCUT2D eigenvalue weighted by Gasteiger charge is -2.45. The van der Waals surface area contributed by atoms with Crippen LogP contribution in [-0.2, 0) is 4.79 Å². The molecule has 6 nitrogen and oxygen atoms in total. The van der Waals surface area contributed by atoms with Gasteiger partial charge in [-0.25, -0.2) is 0 Å². The van der Waals surface area contributed by atoms with Gasteiger partial charge in [-0.2, -0.15) is 5.10 Å². The first-order chi connectivity index (χ1) is 14.9. The third-order valence-corrected chi connectivity index (χ3v) is 7.28. The highest BCUT2D eigenvalue weighted by atomic mass is 32.1. The predicted octanol–water partition coefficient (Wildman–Crippen LogP) is 4.90. The van der Waals surface area contributed by atoms with Crippen LogP contribution >= 0.6 is 12.2 Å². The molecule has 5 N–H and O–H groups in total. The summed E-state index contributed by atoms with van der Waals surface area (Å²) < 4.78 is 0. The quantitative estimate of drug-likeness (QED) is 0.129. The molecule has 0 bridgehead atoms. The molecule has 0 aliphatic heterocycles. The molecule has 2 aliphatic rings. The third kappa shape index (κ3) is 8.19. The molecule has 0 radical (unpaired) electrons. The molecule has 176 valence electrons. The van der Waals surface area contributed by atoms with E-state index in [0.29, 0.717) is 11.8 Å². The highest BCUT2D eigenvalue weighted by Gasteiger charge is 2.41. The van der Waals surface area contributed by atoms with Crippen LogP contribution in [0.4, 0.5) is 0 Å². The first-order valence-electron chi connectivity index (χ1n) is 12.1. The molecule has 3 atom stereocenters. The van der Waals surface area contributed by atoms with Crippen LogP contribution in [0, 0.1) is 17.3 Å². The van der Waals surface area contributed by atoms with Gasteiger partial charge in [-0.1, -0.05) is 57.6 Å². The first-order valence-corrected chi connectivity index (χ1v) is 12.5. The minimum absolute atomic E-state index is 0.0922. The number of aliphatic hydroxyl groups excluding tert-OH is 1. The maximum atomic E-state index is 10.9. The lowest BCUT2D eigenvalue weighted by atomic mass is 9.62. The molecule has 2 fully saturated rings. The highest BCUT2D eigenvalue weighted by molar-refractivity contribution is 7.80. The van der Waals surface area contributed by atoms with Crippen molar-refractivity contribution in [3.05, 3.63) is 12.2 Å². The standard InChI is InChI=1S/C24H41N3O3S/c1-2-3-15-24(16-8-17-24)21(28)14-12-18-11-13-20(26-27-23(25)31)19(18)9-6-4-5-7-10-22(29)30/h12,14,18-19,21,28H,2-11,13,15-17H2,1H3,(H,29,30)(H3,25,27,31)/t18-,19-,21?/m1/s1. The van der Waals surface area contributed by atoms with Crippen LogP contribution in [0.15, 0.2) is 17.3 Å². The summed E-state index contributed by atoms with van der Waals surface area (Å²) in [6.45, 7) is 2.21. The van der Waals surface area contributed by atoms with Gasteiger partial charge in [0, 0.05) is 18.1 Å². The molecule has 2 rings (SSSR count). The van der Waals surface area contributed by atoms with Crippen molar-refractivity contribution in [2.45, 2.75) is 103 Å². The Labute approximate surface area is 192 Å². The highest BCUT2D eigenvalue weighted by Crippen LogP contribution is 2.48. The van der Waals surface area contributed by atoms with Gasteiger partial charge < -0.3 is 15.9 Å². The molecule has 2 aliphatic carbocycles. The van der Waals surface area contributed by atoms with Crippen LogP contribution in [0.2, 0.25) is 0 Å². The monoisotopic (exact) mass is 451 g/mol. The second-order valence-electron chi connectivity index (χ2n) is 9.38. The summed E-state index contributed by atoms with van der Waals surface area (Å²) in [6.07, 6.45) is 17.8. The third-order valence-electron chi connectivity index (χ3n) is 7.19. The van der Waals surface area contributed by atoms with E-state index in [9.17, 15) is 9.90 Å². The van der Waals surface area contributed by atoms with Crippen molar-refractivity contribution in [1.29, 1.82) is 0 Å². The number of carbonyl (C=O) groups is 1. The van der Waals surface area contributed by atoms with Crippen molar-refractivity contribution < 1.29 is 15.0 Å². The van der Waals surface area contributed by atoms with E-state index in [-0.39, 0.29) is 23.1 Å². The number of rotatable bonds is 14. The van der Waals surface area contributed by atoms with Gasteiger partial charge in [-0.3, -0.25) is 10.2 Å². The molecule has 0 aromatic heterocycles. The Balaban J connectivity index is 1.95. The summed E-state index contributed by atoms with van der Waals surface area (Å²) in [5.74, 6) is -0.0393. The van der Waals surface area contributed by atoms with Gasteiger partial charge in [0.05, 0.1) is 6.10 Å². The molecule has 31 heavy (non-hydrogen) atoms. The van der Waals surface area contributed by atoms with Crippen LogP contribution in [0.25, 0.3) is 0 Å². The van der Waals surface area contributed by atoms with Crippen LogP contribution in [0.3, 0.4) is 0 Å². The Kier molecular flexibility index (Phi) is 10.9. The Morgan fingerprint density at radius 2 is 2.06 bits per heavy atom. The fourth-order valence-electron chi connectivity index (χ4n) is 5.12. The zero-order valence-electron chi connectivity index (χ0n) is 19.0. The van der Waals surface area contributed by atoms with E-state index < -0.39 is 5.97 Å². The van der Waals surface area contributed by atoms with Crippen LogP contribution in [-0.4, -0.2) is 33.1 Å². The van der Waals surface area contributed by atoms with Crippen molar-refractivity contribution in [3.8, 4) is 0 Å². The van der Waals surface area contributed by atoms with Crippen molar-refractivity contribution in [1.82, 2.24) is 5.43 Å². The average Bonchev–Trinajstić information content (AvgIpc) is 3.08. The predicted molar refractivity (Wildman–Crippen MR) is 130 cm³/mol. The summed E-state index contributed by atoms with van der Waals surface area (Å²) >= 11 is 4.90. The number of nitrogens with zero attached hydrogens (tertiary/aromatic N) is 1. The lowest BCUT2D eigenvalue weighted by molar-refractivity contribution is -0.137. The molecular formula is C24H41N3O3S. The van der Waals surface area contributed by atoms with Crippen molar-refractivity contribution >= 4 is 29.0 Å². The number of nitrogens with one attached hydrogen (secondary N) is 1. The average molecular weight is 452 g/mol. The maximum Gasteiger partial charge on any atom is 0.303 e. The van der Waals surface area contributed by atoms with Gasteiger partial charge in [0.1, 0.15) is 0 Å². The van der Waals surface area contributed by atoms with Crippen molar-refractivity contribution in [3.63, 3.8) is 0 Å². The molecule has 0 saturated heterocycles. The molecule has 7 heteroatoms. The number of thiocarbonyl (C=S) groups is 1. The smallest absolute Gasteiger partial charge is 0.303 e. The van der Waals surface area contributed by atoms with Crippen LogP contribution in [0.5, 0.6) is 0 Å². The maximum absolute atomic E-state index is 10.9. The topological polar surface area (TPSA) is 108 Å². The number of hydrogen-bond acceptors (Lipinski definition) is 4. The van der Waals surface area contributed by atoms with Gasteiger partial charge in [0.15, 0.2) is 5.11 Å². The molecular weight excluding hydrogens is 410 g/mol. The summed E-state index contributed by atoms with van der Waals surface area (Å²) in [6, 6.07) is 0. The van der Waals surface area contributed by atoms with Crippen molar-refractivity contribution in [2.24, 2.45) is 28.1 Å². The van der Waals surface area contributed by atoms with Crippen molar-refractivity contribution in [2.75, 3.05) is 0 Å². The normalized spacial score (nSPS) is 24.9. The molecule has 0 spiro atoms. The Bertz CT molecular complexity index is 646. The minimum Gasteiger partial charge on any atom is -0.481 e.